The minimum Gasteiger partial charge on any atom is -0.497 e. The van der Waals surface area contributed by atoms with E-state index in [1.807, 2.05) is 59.3 Å². The van der Waals surface area contributed by atoms with Crippen LogP contribution in [-0.4, -0.2) is 36.0 Å². The smallest absolute Gasteiger partial charge is 0.226 e. The fraction of sp³-hybridized carbons (Fsp3) is 0.310. The normalized spacial score (nSPS) is 10.7. The Morgan fingerprint density at radius 2 is 1.13 bits per heavy atom. The summed E-state index contributed by atoms with van der Waals surface area (Å²) < 4.78 is 10.5. The van der Waals surface area contributed by atoms with Crippen LogP contribution < -0.4 is 20.1 Å². The number of benzene rings is 2. The van der Waals surface area contributed by atoms with Gasteiger partial charge in [-0.05, 0) is 37.1 Å². The maximum Gasteiger partial charge on any atom is 0.226 e. The van der Waals surface area contributed by atoms with Gasteiger partial charge in [0.2, 0.25) is 11.8 Å². The Hall–Kier alpha value is -3.76. The molecule has 0 radical (unpaired) electrons. The third-order valence-corrected chi connectivity index (χ3v) is 7.56. The number of nitrogens with zero attached hydrogens (tertiary/aromatic N) is 2. The molecule has 0 aliphatic carbocycles. The molecule has 4 rings (SSSR count). The molecule has 10 heteroatoms. The number of thiazole rings is 2. The van der Waals surface area contributed by atoms with Crippen LogP contribution in [0.15, 0.2) is 59.3 Å². The fourth-order valence-corrected chi connectivity index (χ4v) is 5.43. The molecule has 204 valence electrons. The van der Waals surface area contributed by atoms with Crippen molar-refractivity contribution < 1.29 is 19.1 Å². The Bertz CT molecular complexity index is 1280. The van der Waals surface area contributed by atoms with Crippen molar-refractivity contribution in [3.8, 4) is 34.0 Å². The predicted octanol–water partition coefficient (Wildman–Crippen LogP) is 7.26. The second kappa shape index (κ2) is 14.4. The van der Waals surface area contributed by atoms with Crippen molar-refractivity contribution in [3.05, 3.63) is 59.3 Å². The molecule has 2 aromatic heterocycles. The molecule has 8 nitrogen and oxygen atoms in total. The van der Waals surface area contributed by atoms with Crippen molar-refractivity contribution in [2.45, 2.75) is 44.9 Å². The Labute approximate surface area is 236 Å². The van der Waals surface area contributed by atoms with Crippen LogP contribution in [-0.2, 0) is 9.59 Å². The number of anilines is 2. The largest absolute Gasteiger partial charge is 0.497 e. The van der Waals surface area contributed by atoms with Gasteiger partial charge in [0.1, 0.15) is 11.5 Å². The number of nitrogens with one attached hydrogen (secondary N) is 2. The summed E-state index contributed by atoms with van der Waals surface area (Å²) in [5, 5.41) is 10.8. The highest BCUT2D eigenvalue weighted by molar-refractivity contribution is 7.14. The molecule has 0 aliphatic heterocycles. The van der Waals surface area contributed by atoms with Crippen LogP contribution in [0, 0.1) is 0 Å². The molecule has 0 bridgehead atoms. The molecular formula is C29H32N4O4S2. The lowest BCUT2D eigenvalue weighted by atomic mass is 10.1. The van der Waals surface area contributed by atoms with Crippen molar-refractivity contribution in [3.63, 3.8) is 0 Å². The summed E-state index contributed by atoms with van der Waals surface area (Å²) in [6.07, 6.45) is 5.38. The van der Waals surface area contributed by atoms with Crippen LogP contribution in [0.1, 0.15) is 44.9 Å². The summed E-state index contributed by atoms with van der Waals surface area (Å²) in [7, 11) is 3.26. The number of carbonyl (C=O) groups excluding carboxylic acids is 2. The van der Waals surface area contributed by atoms with Gasteiger partial charge in [-0.2, -0.15) is 0 Å². The summed E-state index contributed by atoms with van der Waals surface area (Å²) in [5.74, 6) is 1.48. The zero-order valence-corrected chi connectivity index (χ0v) is 23.7. The average molecular weight is 565 g/mol. The lowest BCUT2D eigenvalue weighted by molar-refractivity contribution is -0.117. The fourth-order valence-electron chi connectivity index (χ4n) is 3.96. The van der Waals surface area contributed by atoms with E-state index in [0.717, 1.165) is 66.1 Å². The first-order valence-electron chi connectivity index (χ1n) is 12.8. The number of carbonyl (C=O) groups is 2. The van der Waals surface area contributed by atoms with Gasteiger partial charge < -0.3 is 20.1 Å². The molecule has 0 aliphatic rings. The van der Waals surface area contributed by atoms with E-state index >= 15 is 0 Å². The van der Waals surface area contributed by atoms with Crippen LogP contribution in [0.2, 0.25) is 0 Å². The summed E-state index contributed by atoms with van der Waals surface area (Å²) in [5.41, 5.74) is 3.52. The van der Waals surface area contributed by atoms with Crippen LogP contribution in [0.4, 0.5) is 10.3 Å². The lowest BCUT2D eigenvalue weighted by Crippen LogP contribution is -2.11. The van der Waals surface area contributed by atoms with E-state index in [1.54, 1.807) is 14.2 Å². The van der Waals surface area contributed by atoms with E-state index in [0.29, 0.717) is 23.1 Å². The summed E-state index contributed by atoms with van der Waals surface area (Å²) in [6.45, 7) is 0. The molecule has 2 N–H and O–H groups in total. The van der Waals surface area contributed by atoms with E-state index in [4.69, 9.17) is 9.47 Å². The highest BCUT2D eigenvalue weighted by Gasteiger charge is 2.10. The van der Waals surface area contributed by atoms with Gasteiger partial charge in [0.25, 0.3) is 0 Å². The first-order chi connectivity index (χ1) is 19.0. The highest BCUT2D eigenvalue weighted by atomic mass is 32.1. The number of hydrogen-bond acceptors (Lipinski definition) is 8. The predicted molar refractivity (Wildman–Crippen MR) is 158 cm³/mol. The van der Waals surface area contributed by atoms with Crippen molar-refractivity contribution >= 4 is 44.8 Å². The molecule has 39 heavy (non-hydrogen) atoms. The maximum atomic E-state index is 12.3. The van der Waals surface area contributed by atoms with Gasteiger partial charge in [-0.1, -0.05) is 43.5 Å². The third-order valence-electron chi connectivity index (χ3n) is 6.04. The molecule has 0 unspecified atom stereocenters. The number of amides is 2. The molecule has 2 heterocycles. The molecule has 0 saturated carbocycles. The second-order valence-corrected chi connectivity index (χ2v) is 10.6. The summed E-state index contributed by atoms with van der Waals surface area (Å²) in [6, 6.07) is 15.4. The molecule has 0 fully saturated rings. The Morgan fingerprint density at radius 3 is 1.56 bits per heavy atom. The van der Waals surface area contributed by atoms with Gasteiger partial charge in [0.15, 0.2) is 10.3 Å². The van der Waals surface area contributed by atoms with Crippen molar-refractivity contribution in [2.24, 2.45) is 0 Å². The number of unbranched alkanes of at least 4 members (excludes halogenated alkanes) is 4. The molecule has 0 atom stereocenters. The van der Waals surface area contributed by atoms with Crippen molar-refractivity contribution in [1.82, 2.24) is 9.97 Å². The monoisotopic (exact) mass is 564 g/mol. The van der Waals surface area contributed by atoms with E-state index in [-0.39, 0.29) is 11.8 Å². The topological polar surface area (TPSA) is 102 Å². The Balaban J connectivity index is 1.08. The number of methoxy groups -OCH3 is 2. The quantitative estimate of drug-likeness (QED) is 0.156. The van der Waals surface area contributed by atoms with Gasteiger partial charge in [-0.15, -0.1) is 22.7 Å². The molecule has 2 amide bonds. The Kier molecular flexibility index (Phi) is 10.4. The third kappa shape index (κ3) is 8.62. The van der Waals surface area contributed by atoms with Gasteiger partial charge >= 0.3 is 0 Å². The minimum atomic E-state index is -0.0299. The summed E-state index contributed by atoms with van der Waals surface area (Å²) >= 11 is 2.82. The van der Waals surface area contributed by atoms with Gasteiger partial charge in [-0.25, -0.2) is 9.97 Å². The van der Waals surface area contributed by atoms with E-state index in [1.165, 1.54) is 22.7 Å². The van der Waals surface area contributed by atoms with Gasteiger partial charge in [0.05, 0.1) is 25.6 Å². The number of ether oxygens (including phenoxy) is 2. The zero-order valence-electron chi connectivity index (χ0n) is 22.1. The summed E-state index contributed by atoms with van der Waals surface area (Å²) in [4.78, 5) is 33.7. The first-order valence-corrected chi connectivity index (χ1v) is 14.6. The molecule has 4 aromatic rings. The van der Waals surface area contributed by atoms with Crippen molar-refractivity contribution in [1.29, 1.82) is 0 Å². The SMILES string of the molecule is COc1cccc(-c2csc(NC(=O)CCCCCCCC(=O)Nc3nc(-c4cccc(OC)c4)cs3)n2)c1. The average Bonchev–Trinajstić information content (AvgIpc) is 3.62. The Morgan fingerprint density at radius 1 is 0.692 bits per heavy atom. The van der Waals surface area contributed by atoms with Crippen LogP contribution in [0.5, 0.6) is 11.5 Å². The van der Waals surface area contributed by atoms with Gasteiger partial charge in [-0.3, -0.25) is 9.59 Å². The van der Waals surface area contributed by atoms with E-state index in [2.05, 4.69) is 20.6 Å². The molecular weight excluding hydrogens is 532 g/mol. The van der Waals surface area contributed by atoms with Gasteiger partial charge in [0, 0.05) is 34.7 Å². The maximum absolute atomic E-state index is 12.3. The van der Waals surface area contributed by atoms with Crippen LogP contribution in [0.3, 0.4) is 0 Å². The molecule has 0 saturated heterocycles. The molecule has 0 spiro atoms. The standard InChI is InChI=1S/C29H32N4O4S2/c1-36-22-12-8-10-20(16-22)24-18-38-28(30-24)32-26(34)14-6-4-3-5-7-15-27(35)33-29-31-25(19-39-29)21-11-9-13-23(17-21)37-2/h8-13,16-19H,3-7,14-15H2,1-2H3,(H,30,32,34)(H,31,33,35). The molecule has 2 aromatic carbocycles. The number of rotatable bonds is 14. The van der Waals surface area contributed by atoms with E-state index < -0.39 is 0 Å². The van der Waals surface area contributed by atoms with E-state index in [9.17, 15) is 9.59 Å². The van der Waals surface area contributed by atoms with Crippen molar-refractivity contribution in [2.75, 3.05) is 24.9 Å². The van der Waals surface area contributed by atoms with Crippen LogP contribution >= 0.6 is 22.7 Å². The first kappa shape index (κ1) is 28.3. The minimum absolute atomic E-state index is 0.0299. The number of aromatic nitrogens is 2. The second-order valence-electron chi connectivity index (χ2n) is 8.90. The zero-order chi connectivity index (χ0) is 27.5. The lowest BCUT2D eigenvalue weighted by Gasteiger charge is -2.04. The number of hydrogen-bond donors (Lipinski definition) is 2. The van der Waals surface area contributed by atoms with Crippen LogP contribution in [0.25, 0.3) is 22.5 Å². The highest BCUT2D eigenvalue weighted by Crippen LogP contribution is 2.29.